The average Bonchev–Trinajstić information content (AvgIpc) is 2.04. The summed E-state index contributed by atoms with van der Waals surface area (Å²) >= 11 is 0. The monoisotopic (exact) mass is 181 g/mol. The van der Waals surface area contributed by atoms with E-state index in [1.807, 2.05) is 0 Å². The van der Waals surface area contributed by atoms with E-state index >= 15 is 0 Å². The fraction of sp³-hybridized carbons (Fsp3) is 0.727. The molecule has 0 saturated carbocycles. The van der Waals surface area contributed by atoms with Gasteiger partial charge < -0.3 is 5.32 Å². The molecular formula is C11H19NO. The Bertz CT molecular complexity index is 179. The van der Waals surface area contributed by atoms with Crippen molar-refractivity contribution in [1.82, 2.24) is 5.32 Å². The SMILES string of the molecule is C#CCCCC(=O)NCCC(C)C. The average molecular weight is 181 g/mol. The summed E-state index contributed by atoms with van der Waals surface area (Å²) in [6.45, 7) is 5.07. The molecule has 1 amide bonds. The van der Waals surface area contributed by atoms with Crippen LogP contribution < -0.4 is 5.32 Å². The minimum atomic E-state index is 0.121. The Kier molecular flexibility index (Phi) is 7.10. The third kappa shape index (κ3) is 8.94. The Hall–Kier alpha value is -0.970. The summed E-state index contributed by atoms with van der Waals surface area (Å²) in [5, 5.41) is 2.87. The molecule has 0 aromatic carbocycles. The van der Waals surface area contributed by atoms with Crippen LogP contribution in [-0.4, -0.2) is 12.5 Å². The summed E-state index contributed by atoms with van der Waals surface area (Å²) in [6.07, 6.45) is 8.16. The number of terminal acetylenes is 1. The van der Waals surface area contributed by atoms with Gasteiger partial charge in [0.1, 0.15) is 0 Å². The molecule has 0 unspecified atom stereocenters. The first kappa shape index (κ1) is 12.0. The second kappa shape index (κ2) is 7.67. The van der Waals surface area contributed by atoms with Crippen molar-refractivity contribution in [3.63, 3.8) is 0 Å². The molecule has 0 heterocycles. The van der Waals surface area contributed by atoms with E-state index in [4.69, 9.17) is 6.42 Å². The highest BCUT2D eigenvalue weighted by atomic mass is 16.1. The molecular weight excluding hydrogens is 162 g/mol. The van der Waals surface area contributed by atoms with Crippen molar-refractivity contribution in [1.29, 1.82) is 0 Å². The van der Waals surface area contributed by atoms with Crippen LogP contribution in [0.25, 0.3) is 0 Å². The molecule has 2 heteroatoms. The quantitative estimate of drug-likeness (QED) is 0.492. The summed E-state index contributed by atoms with van der Waals surface area (Å²) in [4.78, 5) is 11.1. The zero-order valence-corrected chi connectivity index (χ0v) is 8.60. The van der Waals surface area contributed by atoms with Crippen molar-refractivity contribution in [2.24, 2.45) is 5.92 Å². The number of hydrogen-bond donors (Lipinski definition) is 1. The maximum absolute atomic E-state index is 11.1. The van der Waals surface area contributed by atoms with Crippen LogP contribution in [0.4, 0.5) is 0 Å². The number of carbonyl (C=O) groups is 1. The van der Waals surface area contributed by atoms with Crippen LogP contribution in [-0.2, 0) is 4.79 Å². The molecule has 0 bridgehead atoms. The van der Waals surface area contributed by atoms with Crippen molar-refractivity contribution in [3.05, 3.63) is 0 Å². The lowest BCUT2D eigenvalue weighted by atomic mass is 10.1. The maximum atomic E-state index is 11.1. The summed E-state index contributed by atoms with van der Waals surface area (Å²) in [6, 6.07) is 0. The summed E-state index contributed by atoms with van der Waals surface area (Å²) in [7, 11) is 0. The molecule has 0 rings (SSSR count). The van der Waals surface area contributed by atoms with Gasteiger partial charge >= 0.3 is 0 Å². The lowest BCUT2D eigenvalue weighted by Gasteiger charge is -2.06. The molecule has 1 N–H and O–H groups in total. The largest absolute Gasteiger partial charge is 0.356 e. The smallest absolute Gasteiger partial charge is 0.220 e. The van der Waals surface area contributed by atoms with Gasteiger partial charge in [-0.2, -0.15) is 0 Å². The van der Waals surface area contributed by atoms with E-state index in [0.29, 0.717) is 18.8 Å². The maximum Gasteiger partial charge on any atom is 0.220 e. The number of nitrogens with one attached hydrogen (secondary N) is 1. The number of hydrogen-bond acceptors (Lipinski definition) is 1. The predicted molar refractivity (Wildman–Crippen MR) is 55.1 cm³/mol. The second-order valence-corrected chi connectivity index (χ2v) is 3.59. The Balaban J connectivity index is 3.26. The number of carbonyl (C=O) groups excluding carboxylic acids is 1. The van der Waals surface area contributed by atoms with E-state index in [-0.39, 0.29) is 5.91 Å². The minimum Gasteiger partial charge on any atom is -0.356 e. The van der Waals surface area contributed by atoms with Gasteiger partial charge in [0, 0.05) is 19.4 Å². The standard InChI is InChI=1S/C11H19NO/c1-4-5-6-7-11(13)12-9-8-10(2)3/h1,10H,5-9H2,2-3H3,(H,12,13). The molecule has 74 valence electrons. The van der Waals surface area contributed by atoms with Gasteiger partial charge in [-0.1, -0.05) is 13.8 Å². The Morgan fingerprint density at radius 3 is 2.77 bits per heavy atom. The fourth-order valence-corrected chi connectivity index (χ4v) is 0.940. The highest BCUT2D eigenvalue weighted by molar-refractivity contribution is 5.75. The Morgan fingerprint density at radius 1 is 1.54 bits per heavy atom. The first-order valence-electron chi connectivity index (χ1n) is 4.87. The summed E-state index contributed by atoms with van der Waals surface area (Å²) in [5.41, 5.74) is 0. The zero-order chi connectivity index (χ0) is 10.1. The van der Waals surface area contributed by atoms with Gasteiger partial charge in [0.05, 0.1) is 0 Å². The molecule has 13 heavy (non-hydrogen) atoms. The summed E-state index contributed by atoms with van der Waals surface area (Å²) in [5.74, 6) is 3.28. The number of unbranched alkanes of at least 4 members (excludes halogenated alkanes) is 1. The molecule has 0 aromatic rings. The van der Waals surface area contributed by atoms with Gasteiger partial charge in [0.25, 0.3) is 0 Å². The topological polar surface area (TPSA) is 29.1 Å². The van der Waals surface area contributed by atoms with E-state index in [1.54, 1.807) is 0 Å². The van der Waals surface area contributed by atoms with E-state index in [0.717, 1.165) is 19.4 Å². The number of amides is 1. The van der Waals surface area contributed by atoms with Crippen LogP contribution in [0.5, 0.6) is 0 Å². The van der Waals surface area contributed by atoms with Gasteiger partial charge in [-0.25, -0.2) is 0 Å². The number of rotatable bonds is 6. The summed E-state index contributed by atoms with van der Waals surface area (Å²) < 4.78 is 0. The molecule has 2 nitrogen and oxygen atoms in total. The lowest BCUT2D eigenvalue weighted by Crippen LogP contribution is -2.24. The van der Waals surface area contributed by atoms with Crippen molar-refractivity contribution < 1.29 is 4.79 Å². The van der Waals surface area contributed by atoms with E-state index in [9.17, 15) is 4.79 Å². The van der Waals surface area contributed by atoms with Crippen molar-refractivity contribution in [3.8, 4) is 12.3 Å². The second-order valence-electron chi connectivity index (χ2n) is 3.59. The third-order valence-electron chi connectivity index (χ3n) is 1.77. The molecule has 0 spiro atoms. The van der Waals surface area contributed by atoms with E-state index in [2.05, 4.69) is 25.1 Å². The van der Waals surface area contributed by atoms with Crippen molar-refractivity contribution >= 4 is 5.91 Å². The Labute approximate surface area is 81.1 Å². The highest BCUT2D eigenvalue weighted by Gasteiger charge is 2.00. The van der Waals surface area contributed by atoms with Crippen molar-refractivity contribution in [2.45, 2.75) is 39.5 Å². The van der Waals surface area contributed by atoms with Crippen LogP contribution in [0.1, 0.15) is 39.5 Å². The van der Waals surface area contributed by atoms with Crippen LogP contribution in [0.2, 0.25) is 0 Å². The van der Waals surface area contributed by atoms with Crippen LogP contribution in [0.15, 0.2) is 0 Å². The van der Waals surface area contributed by atoms with Gasteiger partial charge in [-0.05, 0) is 18.8 Å². The van der Waals surface area contributed by atoms with Gasteiger partial charge in [-0.15, -0.1) is 12.3 Å². The van der Waals surface area contributed by atoms with Gasteiger partial charge in [0.2, 0.25) is 5.91 Å². The van der Waals surface area contributed by atoms with Crippen LogP contribution >= 0.6 is 0 Å². The van der Waals surface area contributed by atoms with Gasteiger partial charge in [-0.3, -0.25) is 4.79 Å². The third-order valence-corrected chi connectivity index (χ3v) is 1.77. The van der Waals surface area contributed by atoms with Gasteiger partial charge in [0.15, 0.2) is 0 Å². The fourth-order valence-electron chi connectivity index (χ4n) is 0.940. The molecule has 0 aliphatic heterocycles. The predicted octanol–water partition coefficient (Wildman–Crippen LogP) is 1.95. The molecule has 0 atom stereocenters. The molecule has 0 aromatic heterocycles. The first-order chi connectivity index (χ1) is 6.16. The lowest BCUT2D eigenvalue weighted by molar-refractivity contribution is -0.121. The highest BCUT2D eigenvalue weighted by Crippen LogP contribution is 1.97. The molecule has 0 radical (unpaired) electrons. The normalized spacial score (nSPS) is 9.69. The van der Waals surface area contributed by atoms with Crippen molar-refractivity contribution in [2.75, 3.05) is 6.54 Å². The Morgan fingerprint density at radius 2 is 2.23 bits per heavy atom. The molecule has 0 aliphatic carbocycles. The van der Waals surface area contributed by atoms with E-state index in [1.165, 1.54) is 0 Å². The van der Waals surface area contributed by atoms with Crippen LogP contribution in [0, 0.1) is 18.3 Å². The molecule has 0 aliphatic rings. The minimum absolute atomic E-state index is 0.121. The first-order valence-corrected chi connectivity index (χ1v) is 4.87. The molecule has 0 saturated heterocycles. The zero-order valence-electron chi connectivity index (χ0n) is 8.60. The molecule has 0 fully saturated rings. The van der Waals surface area contributed by atoms with E-state index < -0.39 is 0 Å². The van der Waals surface area contributed by atoms with Crippen LogP contribution in [0.3, 0.4) is 0 Å².